The summed E-state index contributed by atoms with van der Waals surface area (Å²) in [5, 5.41) is 15.2. The van der Waals surface area contributed by atoms with Crippen LogP contribution in [0.15, 0.2) is 37.5 Å². The van der Waals surface area contributed by atoms with Gasteiger partial charge in [0.25, 0.3) is 0 Å². The Balaban J connectivity index is -0.000000520. The van der Waals surface area contributed by atoms with Gasteiger partial charge in [0, 0.05) is 25.9 Å². The number of amides is 2. The van der Waals surface area contributed by atoms with Crippen LogP contribution in [0, 0.1) is 0 Å². The standard InChI is InChI=1S/2C27H54N2O.C4H6O2.ClH/c2*1-5-7-8-9-10-11-12-13-14-15-16-17-18-19-20-21-22-25-29(3,4)26-23-24-28-27(30)6-2;1-3(2)4(5)6;/h2*6H,2,5,7-26H2,1,3-4H3;1H2,2H3,(H,5,6);1H. The summed E-state index contributed by atoms with van der Waals surface area (Å²) in [6.07, 6.45) is 53.3. The molecule has 0 heterocycles. The van der Waals surface area contributed by atoms with Gasteiger partial charge in [-0.05, 0) is 50.3 Å². The highest BCUT2D eigenvalue weighted by Gasteiger charge is 2.15. The molecule has 8 nitrogen and oxygen atoms in total. The summed E-state index contributed by atoms with van der Waals surface area (Å²) in [4.78, 5) is 31.8. The molecule has 0 aliphatic carbocycles. The molecule has 0 radical (unpaired) electrons. The van der Waals surface area contributed by atoms with Crippen LogP contribution in [0.1, 0.15) is 252 Å². The number of unbranched alkanes of at least 4 members (excludes halogenated alkanes) is 32. The summed E-state index contributed by atoms with van der Waals surface area (Å²) < 4.78 is 2.12. The summed E-state index contributed by atoms with van der Waals surface area (Å²) in [6.45, 7) is 22.3. The van der Waals surface area contributed by atoms with Crippen molar-refractivity contribution < 1.29 is 40.9 Å². The van der Waals surface area contributed by atoms with Gasteiger partial charge in [0.1, 0.15) is 0 Å². The molecule has 0 saturated carbocycles. The number of hydrogen-bond donors (Lipinski definition) is 2. The first-order valence-corrected chi connectivity index (χ1v) is 28.0. The minimum absolute atomic E-state index is 0. The third-order valence-electron chi connectivity index (χ3n) is 12.9. The number of quaternary nitrogens is 2. The monoisotopic (exact) mass is 967 g/mol. The second-order valence-corrected chi connectivity index (χ2v) is 20.8. The van der Waals surface area contributed by atoms with Crippen molar-refractivity contribution in [3.8, 4) is 0 Å². The van der Waals surface area contributed by atoms with Crippen LogP contribution in [-0.2, 0) is 14.4 Å². The van der Waals surface area contributed by atoms with Gasteiger partial charge in [0.15, 0.2) is 0 Å². The number of carbonyl (C=O) groups excluding carboxylic acids is 3. The van der Waals surface area contributed by atoms with E-state index in [2.05, 4.69) is 72.4 Å². The van der Waals surface area contributed by atoms with Gasteiger partial charge in [0.2, 0.25) is 11.8 Å². The van der Waals surface area contributed by atoms with Gasteiger partial charge in [0.05, 0.1) is 60.3 Å². The number of rotatable bonds is 47. The molecule has 0 rings (SSSR count). The smallest absolute Gasteiger partial charge is 0.243 e. The number of nitrogens with zero attached hydrogens (tertiary/aromatic N) is 2. The van der Waals surface area contributed by atoms with Crippen molar-refractivity contribution in [2.24, 2.45) is 0 Å². The first-order chi connectivity index (χ1) is 31.7. The molecule has 67 heavy (non-hydrogen) atoms. The Labute approximate surface area is 424 Å². The maximum Gasteiger partial charge on any atom is 0.243 e. The fourth-order valence-electron chi connectivity index (χ4n) is 8.33. The molecule has 0 aliphatic rings. The molecule has 2 N–H and O–H groups in total. The van der Waals surface area contributed by atoms with Crippen LogP contribution in [0.4, 0.5) is 0 Å². The summed E-state index contributed by atoms with van der Waals surface area (Å²) in [5.41, 5.74) is 0.0648. The lowest BCUT2D eigenvalue weighted by molar-refractivity contribution is -0.890. The van der Waals surface area contributed by atoms with E-state index in [1.165, 1.54) is 250 Å². The van der Waals surface area contributed by atoms with Crippen molar-refractivity contribution in [3.05, 3.63) is 37.5 Å². The molecule has 0 aromatic heterocycles. The lowest BCUT2D eigenvalue weighted by atomic mass is 10.0. The van der Waals surface area contributed by atoms with Crippen LogP contribution in [0.2, 0.25) is 0 Å². The van der Waals surface area contributed by atoms with Crippen molar-refractivity contribution in [2.75, 3.05) is 67.5 Å². The molecule has 2 amide bonds. The first kappa shape index (κ1) is 71.4. The van der Waals surface area contributed by atoms with E-state index in [-0.39, 0.29) is 29.8 Å². The predicted molar refractivity (Wildman–Crippen MR) is 287 cm³/mol. The Hall–Kier alpha value is -2.16. The van der Waals surface area contributed by atoms with Crippen LogP contribution < -0.4 is 28.1 Å². The highest BCUT2D eigenvalue weighted by Crippen LogP contribution is 2.16. The second-order valence-electron chi connectivity index (χ2n) is 20.8. The van der Waals surface area contributed by atoms with Gasteiger partial charge in [-0.1, -0.05) is 226 Å². The number of hydrogen-bond acceptors (Lipinski definition) is 4. The van der Waals surface area contributed by atoms with E-state index in [9.17, 15) is 19.5 Å². The zero-order valence-corrected chi connectivity index (χ0v) is 46.6. The minimum Gasteiger partial charge on any atom is -1.00 e. The molecule has 0 atom stereocenters. The van der Waals surface area contributed by atoms with Crippen LogP contribution in [0.3, 0.4) is 0 Å². The van der Waals surface area contributed by atoms with Crippen molar-refractivity contribution >= 4 is 17.8 Å². The third kappa shape index (κ3) is 63.8. The van der Waals surface area contributed by atoms with Crippen LogP contribution in [0.5, 0.6) is 0 Å². The lowest BCUT2D eigenvalue weighted by Crippen LogP contribution is -3.00. The van der Waals surface area contributed by atoms with Gasteiger partial charge >= 0.3 is 0 Å². The number of carboxylic acid groups (broad SMARTS) is 1. The minimum atomic E-state index is -1.19. The van der Waals surface area contributed by atoms with E-state index in [1.807, 2.05) is 0 Å². The summed E-state index contributed by atoms with van der Waals surface area (Å²) in [5.74, 6) is -1.31. The molecule has 0 saturated heterocycles. The van der Waals surface area contributed by atoms with E-state index >= 15 is 0 Å². The Morgan fingerprint density at radius 1 is 0.403 bits per heavy atom. The Bertz CT molecular complexity index is 1040. The van der Waals surface area contributed by atoms with Crippen LogP contribution in [-0.4, -0.2) is 94.2 Å². The number of carboxylic acids is 1. The van der Waals surface area contributed by atoms with Gasteiger partial charge in [-0.15, -0.1) is 0 Å². The molecule has 0 aliphatic heterocycles. The molecule has 398 valence electrons. The molecule has 9 heteroatoms. The Kier molecular flexibility index (Phi) is 58.4. The van der Waals surface area contributed by atoms with E-state index < -0.39 is 5.97 Å². The second kappa shape index (κ2) is 54.8. The summed E-state index contributed by atoms with van der Waals surface area (Å²) in [6, 6.07) is 0. The molecule has 0 unspecified atom stereocenters. The average Bonchev–Trinajstić information content (AvgIpc) is 3.28. The molecule has 0 aromatic carbocycles. The molecular formula is C58H115ClN4O4. The summed E-state index contributed by atoms with van der Waals surface area (Å²) in [7, 11) is 9.23. The van der Waals surface area contributed by atoms with E-state index in [0.29, 0.717) is 0 Å². The molecule has 0 bridgehead atoms. The number of nitrogens with one attached hydrogen (secondary N) is 2. The Morgan fingerprint density at radius 3 is 0.761 bits per heavy atom. The van der Waals surface area contributed by atoms with Crippen LogP contribution in [0.25, 0.3) is 0 Å². The van der Waals surface area contributed by atoms with E-state index in [1.54, 1.807) is 0 Å². The van der Waals surface area contributed by atoms with Crippen molar-refractivity contribution in [3.63, 3.8) is 0 Å². The number of carbonyl (C=O) groups is 3. The lowest BCUT2D eigenvalue weighted by Gasteiger charge is -2.30. The number of halogens is 1. The highest BCUT2D eigenvalue weighted by molar-refractivity contribution is 5.87. The molecule has 0 spiro atoms. The zero-order chi connectivity index (χ0) is 49.8. The fourth-order valence-corrected chi connectivity index (χ4v) is 8.33. The number of aliphatic carboxylic acids is 1. The van der Waals surface area contributed by atoms with Gasteiger partial charge in [-0.25, -0.2) is 0 Å². The van der Waals surface area contributed by atoms with Gasteiger partial charge in [-0.3, -0.25) is 9.59 Å². The first-order valence-electron chi connectivity index (χ1n) is 28.0. The zero-order valence-electron chi connectivity index (χ0n) is 45.9. The highest BCUT2D eigenvalue weighted by atomic mass is 35.5. The normalized spacial score (nSPS) is 11.0. The molecular weight excluding hydrogens is 852 g/mol. The third-order valence-corrected chi connectivity index (χ3v) is 12.9. The largest absolute Gasteiger partial charge is 1.00 e. The van der Waals surface area contributed by atoms with Crippen molar-refractivity contribution in [1.82, 2.24) is 10.6 Å². The van der Waals surface area contributed by atoms with Gasteiger partial charge in [-0.2, -0.15) is 0 Å². The fraction of sp³-hybridized carbons (Fsp3) is 0.845. The average molecular weight is 968 g/mol. The van der Waals surface area contributed by atoms with Crippen LogP contribution >= 0.6 is 0 Å². The van der Waals surface area contributed by atoms with Gasteiger partial charge < -0.3 is 41.9 Å². The summed E-state index contributed by atoms with van der Waals surface area (Å²) >= 11 is 0. The topological polar surface area (TPSA) is 98.3 Å². The van der Waals surface area contributed by atoms with E-state index in [0.717, 1.165) is 48.0 Å². The SMILES string of the molecule is C=C(C)C(=O)[O-].C=CC(=O)NCCC[N+](C)(C)CCCCCCCCCCCCCCCCCCC.C=CC(=O)NCCC[N+](C)(C)CCCCCCCCCCCCCCCCCCC.[Cl-]. The maximum absolute atomic E-state index is 11.1. The molecule has 0 aromatic rings. The quantitative estimate of drug-likeness (QED) is 0.0361. The van der Waals surface area contributed by atoms with Crippen molar-refractivity contribution in [1.29, 1.82) is 0 Å². The van der Waals surface area contributed by atoms with Crippen molar-refractivity contribution in [2.45, 2.75) is 252 Å². The van der Waals surface area contributed by atoms with E-state index in [4.69, 9.17) is 0 Å². The maximum atomic E-state index is 11.1. The molecule has 0 fully saturated rings. The predicted octanol–water partition coefficient (Wildman–Crippen LogP) is 11.1. The Morgan fingerprint density at radius 2 is 0.582 bits per heavy atom.